The highest BCUT2D eigenvalue weighted by Gasteiger charge is 2.29. The summed E-state index contributed by atoms with van der Waals surface area (Å²) in [6, 6.07) is 5.40. The van der Waals surface area contributed by atoms with E-state index in [1.807, 2.05) is 18.5 Å². The number of rotatable bonds is 4. The van der Waals surface area contributed by atoms with Gasteiger partial charge in [-0.05, 0) is 56.9 Å². The molecule has 0 amide bonds. The second-order valence-corrected chi connectivity index (χ2v) is 6.23. The van der Waals surface area contributed by atoms with E-state index in [-0.39, 0.29) is 0 Å². The number of nitrogens with zero attached hydrogens (tertiary/aromatic N) is 3. The molecule has 0 bridgehead atoms. The molecular weight excluding hydrogens is 248 g/mol. The SMILES string of the molecule is NC1CCN(C2CCN(CCc3cccnc3)C2)CC1. The molecular formula is C16H26N4. The first-order valence-corrected chi connectivity index (χ1v) is 7.92. The summed E-state index contributed by atoms with van der Waals surface area (Å²) in [4.78, 5) is 9.45. The monoisotopic (exact) mass is 274 g/mol. The van der Waals surface area contributed by atoms with Gasteiger partial charge in [0.05, 0.1) is 0 Å². The van der Waals surface area contributed by atoms with E-state index >= 15 is 0 Å². The van der Waals surface area contributed by atoms with E-state index in [9.17, 15) is 0 Å². The van der Waals surface area contributed by atoms with Gasteiger partial charge in [0.15, 0.2) is 0 Å². The number of hydrogen-bond donors (Lipinski definition) is 1. The molecule has 20 heavy (non-hydrogen) atoms. The van der Waals surface area contributed by atoms with Crippen LogP contribution < -0.4 is 5.73 Å². The molecule has 2 aliphatic rings. The van der Waals surface area contributed by atoms with Crippen LogP contribution in [0, 0.1) is 0 Å². The Morgan fingerprint density at radius 1 is 1.20 bits per heavy atom. The Morgan fingerprint density at radius 2 is 2.05 bits per heavy atom. The summed E-state index contributed by atoms with van der Waals surface area (Å²) in [5, 5.41) is 0. The lowest BCUT2D eigenvalue weighted by molar-refractivity contribution is 0.152. The average Bonchev–Trinajstić information content (AvgIpc) is 2.96. The van der Waals surface area contributed by atoms with Crippen LogP contribution in [0.15, 0.2) is 24.5 Å². The first-order chi connectivity index (χ1) is 9.81. The van der Waals surface area contributed by atoms with E-state index in [1.54, 1.807) is 0 Å². The van der Waals surface area contributed by atoms with Crippen LogP contribution in [0.25, 0.3) is 0 Å². The van der Waals surface area contributed by atoms with Crippen molar-refractivity contribution in [2.75, 3.05) is 32.7 Å². The van der Waals surface area contributed by atoms with Crippen molar-refractivity contribution in [1.82, 2.24) is 14.8 Å². The van der Waals surface area contributed by atoms with Gasteiger partial charge in [-0.2, -0.15) is 0 Å². The van der Waals surface area contributed by atoms with Gasteiger partial charge in [-0.25, -0.2) is 0 Å². The summed E-state index contributed by atoms with van der Waals surface area (Å²) in [6.45, 7) is 6.03. The zero-order valence-electron chi connectivity index (χ0n) is 12.2. The summed E-state index contributed by atoms with van der Waals surface area (Å²) < 4.78 is 0. The second-order valence-electron chi connectivity index (χ2n) is 6.23. The Morgan fingerprint density at radius 3 is 2.80 bits per heavy atom. The number of pyridine rings is 1. The largest absolute Gasteiger partial charge is 0.328 e. The summed E-state index contributed by atoms with van der Waals surface area (Å²) >= 11 is 0. The van der Waals surface area contributed by atoms with Gasteiger partial charge in [-0.3, -0.25) is 9.88 Å². The van der Waals surface area contributed by atoms with E-state index in [0.717, 1.165) is 19.0 Å². The van der Waals surface area contributed by atoms with Crippen molar-refractivity contribution in [2.45, 2.75) is 37.8 Å². The number of likely N-dealkylation sites (tertiary alicyclic amines) is 2. The number of nitrogens with two attached hydrogens (primary N) is 1. The quantitative estimate of drug-likeness (QED) is 0.894. The zero-order chi connectivity index (χ0) is 13.8. The minimum absolute atomic E-state index is 0.439. The molecule has 4 nitrogen and oxygen atoms in total. The fraction of sp³-hybridized carbons (Fsp3) is 0.688. The minimum Gasteiger partial charge on any atom is -0.328 e. The standard InChI is InChI=1S/C16H26N4/c17-15-4-10-20(11-5-15)16-6-9-19(13-16)8-3-14-2-1-7-18-12-14/h1-2,7,12,15-16H,3-6,8-11,13,17H2. The normalized spacial score (nSPS) is 26.1. The summed E-state index contributed by atoms with van der Waals surface area (Å²) in [5.74, 6) is 0. The molecule has 2 fully saturated rings. The Balaban J connectivity index is 1.43. The maximum Gasteiger partial charge on any atom is 0.0300 e. The highest BCUT2D eigenvalue weighted by atomic mass is 15.3. The van der Waals surface area contributed by atoms with Gasteiger partial charge in [-0.15, -0.1) is 0 Å². The Labute approximate surface area is 122 Å². The molecule has 0 radical (unpaired) electrons. The molecule has 4 heteroatoms. The first-order valence-electron chi connectivity index (χ1n) is 7.92. The average molecular weight is 274 g/mol. The van der Waals surface area contributed by atoms with Gasteiger partial charge in [0.25, 0.3) is 0 Å². The molecule has 0 spiro atoms. The molecule has 1 aromatic heterocycles. The van der Waals surface area contributed by atoms with Crippen molar-refractivity contribution in [3.05, 3.63) is 30.1 Å². The van der Waals surface area contributed by atoms with Gasteiger partial charge in [0, 0.05) is 37.6 Å². The van der Waals surface area contributed by atoms with Crippen LogP contribution in [0.4, 0.5) is 0 Å². The predicted octanol–water partition coefficient (Wildman–Crippen LogP) is 1.12. The molecule has 2 saturated heterocycles. The van der Waals surface area contributed by atoms with E-state index in [4.69, 9.17) is 5.73 Å². The van der Waals surface area contributed by atoms with Gasteiger partial charge in [0.1, 0.15) is 0 Å². The van der Waals surface area contributed by atoms with Crippen molar-refractivity contribution < 1.29 is 0 Å². The lowest BCUT2D eigenvalue weighted by Gasteiger charge is -2.34. The number of piperidine rings is 1. The van der Waals surface area contributed by atoms with Crippen molar-refractivity contribution in [1.29, 1.82) is 0 Å². The lowest BCUT2D eigenvalue weighted by Crippen LogP contribution is -2.46. The Kier molecular flexibility index (Phi) is 4.65. The Bertz CT molecular complexity index is 400. The van der Waals surface area contributed by atoms with Gasteiger partial charge in [-0.1, -0.05) is 6.07 Å². The van der Waals surface area contributed by atoms with Crippen molar-refractivity contribution in [3.63, 3.8) is 0 Å². The zero-order valence-corrected chi connectivity index (χ0v) is 12.2. The van der Waals surface area contributed by atoms with Crippen LogP contribution in [-0.2, 0) is 6.42 Å². The topological polar surface area (TPSA) is 45.4 Å². The molecule has 0 aliphatic carbocycles. The highest BCUT2D eigenvalue weighted by Crippen LogP contribution is 2.20. The molecule has 1 unspecified atom stereocenters. The summed E-state index contributed by atoms with van der Waals surface area (Å²) in [6.07, 6.45) is 8.61. The maximum atomic E-state index is 5.99. The van der Waals surface area contributed by atoms with Crippen LogP contribution in [0.5, 0.6) is 0 Å². The van der Waals surface area contributed by atoms with Crippen LogP contribution in [0.1, 0.15) is 24.8 Å². The number of aromatic nitrogens is 1. The summed E-state index contributed by atoms with van der Waals surface area (Å²) in [7, 11) is 0. The fourth-order valence-electron chi connectivity index (χ4n) is 3.43. The van der Waals surface area contributed by atoms with Gasteiger partial charge in [0.2, 0.25) is 0 Å². The first kappa shape index (κ1) is 14.0. The van der Waals surface area contributed by atoms with Gasteiger partial charge >= 0.3 is 0 Å². The lowest BCUT2D eigenvalue weighted by atomic mass is 10.0. The maximum absolute atomic E-state index is 5.99. The molecule has 3 heterocycles. The third-order valence-electron chi connectivity index (χ3n) is 4.78. The molecule has 0 aromatic carbocycles. The summed E-state index contributed by atoms with van der Waals surface area (Å²) in [5.41, 5.74) is 7.34. The minimum atomic E-state index is 0.439. The van der Waals surface area contributed by atoms with E-state index in [1.165, 1.54) is 51.0 Å². The third-order valence-corrected chi connectivity index (χ3v) is 4.78. The van der Waals surface area contributed by atoms with Gasteiger partial charge < -0.3 is 10.6 Å². The van der Waals surface area contributed by atoms with E-state index < -0.39 is 0 Å². The fourth-order valence-corrected chi connectivity index (χ4v) is 3.43. The van der Waals surface area contributed by atoms with Crippen LogP contribution in [-0.4, -0.2) is 59.6 Å². The van der Waals surface area contributed by atoms with E-state index in [0.29, 0.717) is 6.04 Å². The highest BCUT2D eigenvalue weighted by molar-refractivity contribution is 5.08. The molecule has 1 aromatic rings. The molecule has 0 saturated carbocycles. The molecule has 1 atom stereocenters. The molecule has 3 rings (SSSR count). The predicted molar refractivity (Wildman–Crippen MR) is 81.6 cm³/mol. The number of hydrogen-bond acceptors (Lipinski definition) is 4. The van der Waals surface area contributed by atoms with Crippen LogP contribution in [0.3, 0.4) is 0 Å². The Hall–Kier alpha value is -0.970. The smallest absolute Gasteiger partial charge is 0.0300 e. The third kappa shape index (κ3) is 3.57. The van der Waals surface area contributed by atoms with E-state index in [2.05, 4.69) is 20.9 Å². The van der Waals surface area contributed by atoms with Crippen LogP contribution in [0.2, 0.25) is 0 Å². The van der Waals surface area contributed by atoms with Crippen molar-refractivity contribution >= 4 is 0 Å². The molecule has 110 valence electrons. The second kappa shape index (κ2) is 6.66. The van der Waals surface area contributed by atoms with Crippen molar-refractivity contribution in [3.8, 4) is 0 Å². The molecule has 2 aliphatic heterocycles. The molecule has 2 N–H and O–H groups in total. The van der Waals surface area contributed by atoms with Crippen LogP contribution >= 0.6 is 0 Å². The van der Waals surface area contributed by atoms with Crippen molar-refractivity contribution in [2.24, 2.45) is 5.73 Å².